The molecule has 2 rings (SSSR count). The maximum Gasteiger partial charge on any atom is 0.0940 e. The molecule has 90 valence electrons. The van der Waals surface area contributed by atoms with Crippen LogP contribution in [0.1, 0.15) is 23.5 Å². The smallest absolute Gasteiger partial charge is 0.0940 e. The summed E-state index contributed by atoms with van der Waals surface area (Å²) in [5.41, 5.74) is 1.14. The van der Waals surface area contributed by atoms with Crippen LogP contribution in [0.5, 0.6) is 0 Å². The lowest BCUT2D eigenvalue weighted by atomic mass is 10.0. The lowest BCUT2D eigenvalue weighted by molar-refractivity contribution is 0.0550. The molecule has 1 atom stereocenters. The van der Waals surface area contributed by atoms with Crippen LogP contribution in [0, 0.1) is 12.8 Å². The fourth-order valence-corrected chi connectivity index (χ4v) is 2.76. The summed E-state index contributed by atoms with van der Waals surface area (Å²) in [6.45, 7) is 6.05. The van der Waals surface area contributed by atoms with E-state index in [1.807, 2.05) is 6.92 Å². The summed E-state index contributed by atoms with van der Waals surface area (Å²) in [6.07, 6.45) is 3.58. The molecule has 0 bridgehead atoms. The van der Waals surface area contributed by atoms with E-state index in [-0.39, 0.29) is 0 Å². The molecular formula is C12H20N2OS. The summed E-state index contributed by atoms with van der Waals surface area (Å²) in [6, 6.07) is 0. The van der Waals surface area contributed by atoms with Crippen molar-refractivity contribution >= 4 is 11.3 Å². The molecule has 2 heterocycles. The third kappa shape index (κ3) is 3.85. The summed E-state index contributed by atoms with van der Waals surface area (Å²) >= 11 is 1.76. The number of hydrogen-bond acceptors (Lipinski definition) is 4. The Bertz CT molecular complexity index is 308. The first-order valence-electron chi connectivity index (χ1n) is 6.04. The average molecular weight is 240 g/mol. The summed E-state index contributed by atoms with van der Waals surface area (Å²) in [4.78, 5) is 4.45. The average Bonchev–Trinajstić information content (AvgIpc) is 2.72. The van der Waals surface area contributed by atoms with Gasteiger partial charge in [-0.2, -0.15) is 0 Å². The zero-order chi connectivity index (χ0) is 11.2. The second-order valence-corrected chi connectivity index (χ2v) is 5.36. The normalized spacial score (nSPS) is 21.2. The van der Waals surface area contributed by atoms with Gasteiger partial charge in [-0.15, -0.1) is 11.3 Å². The van der Waals surface area contributed by atoms with Crippen LogP contribution in [0.4, 0.5) is 0 Å². The zero-order valence-corrected chi connectivity index (χ0v) is 10.7. The Labute approximate surface area is 101 Å². The van der Waals surface area contributed by atoms with E-state index in [1.54, 1.807) is 11.3 Å². The third-order valence-corrected chi connectivity index (χ3v) is 3.90. The maximum absolute atomic E-state index is 5.45. The molecule has 3 nitrogen and oxygen atoms in total. The molecule has 1 aromatic rings. The van der Waals surface area contributed by atoms with E-state index in [2.05, 4.69) is 15.7 Å². The number of rotatable bonds is 5. The van der Waals surface area contributed by atoms with Crippen LogP contribution >= 0.6 is 11.3 Å². The van der Waals surface area contributed by atoms with Gasteiger partial charge < -0.3 is 10.1 Å². The molecule has 0 spiro atoms. The van der Waals surface area contributed by atoms with Crippen LogP contribution in [-0.4, -0.2) is 31.3 Å². The Morgan fingerprint density at radius 1 is 1.62 bits per heavy atom. The fraction of sp³-hybridized carbons (Fsp3) is 0.750. The lowest BCUT2D eigenvalue weighted by Crippen LogP contribution is -2.30. The predicted octanol–water partition coefficient (Wildman–Crippen LogP) is 2.01. The summed E-state index contributed by atoms with van der Waals surface area (Å²) in [5.74, 6) is 0.715. The molecule has 1 saturated heterocycles. The van der Waals surface area contributed by atoms with Crippen LogP contribution in [0.15, 0.2) is 5.38 Å². The molecule has 0 radical (unpaired) electrons. The molecule has 1 aromatic heterocycles. The van der Waals surface area contributed by atoms with Gasteiger partial charge in [0.1, 0.15) is 0 Å². The Morgan fingerprint density at radius 3 is 3.25 bits per heavy atom. The summed E-state index contributed by atoms with van der Waals surface area (Å²) < 4.78 is 5.45. The first-order valence-corrected chi connectivity index (χ1v) is 6.92. The Kier molecular flexibility index (Phi) is 4.75. The highest BCUT2D eigenvalue weighted by Crippen LogP contribution is 2.12. The molecule has 0 aliphatic carbocycles. The number of nitrogens with zero attached hydrogens (tertiary/aromatic N) is 1. The maximum atomic E-state index is 5.45. The number of ether oxygens (including phenoxy) is 1. The van der Waals surface area contributed by atoms with Gasteiger partial charge in [-0.3, -0.25) is 0 Å². The summed E-state index contributed by atoms with van der Waals surface area (Å²) in [7, 11) is 0. The van der Waals surface area contributed by atoms with Crippen molar-refractivity contribution in [3.8, 4) is 0 Å². The number of hydrogen-bond donors (Lipinski definition) is 1. The second-order valence-electron chi connectivity index (χ2n) is 4.42. The quantitative estimate of drug-likeness (QED) is 0.799. The minimum Gasteiger partial charge on any atom is -0.381 e. The Morgan fingerprint density at radius 2 is 2.56 bits per heavy atom. The first-order chi connectivity index (χ1) is 7.84. The van der Waals surface area contributed by atoms with Crippen molar-refractivity contribution in [2.24, 2.45) is 5.92 Å². The van der Waals surface area contributed by atoms with Crippen molar-refractivity contribution in [2.75, 3.05) is 26.3 Å². The van der Waals surface area contributed by atoms with E-state index in [1.165, 1.54) is 17.8 Å². The highest BCUT2D eigenvalue weighted by Gasteiger charge is 2.12. The van der Waals surface area contributed by atoms with Crippen LogP contribution in [-0.2, 0) is 11.2 Å². The molecular weight excluding hydrogens is 220 g/mol. The van der Waals surface area contributed by atoms with Crippen molar-refractivity contribution in [3.63, 3.8) is 0 Å². The fourth-order valence-electron chi connectivity index (χ4n) is 1.99. The summed E-state index contributed by atoms with van der Waals surface area (Å²) in [5, 5.41) is 6.86. The predicted molar refractivity (Wildman–Crippen MR) is 67.0 cm³/mol. The van der Waals surface area contributed by atoms with Gasteiger partial charge in [0, 0.05) is 37.2 Å². The first kappa shape index (κ1) is 12.0. The highest BCUT2D eigenvalue weighted by atomic mass is 32.1. The van der Waals surface area contributed by atoms with E-state index >= 15 is 0 Å². The van der Waals surface area contributed by atoms with E-state index < -0.39 is 0 Å². The van der Waals surface area contributed by atoms with Crippen molar-refractivity contribution in [1.29, 1.82) is 0 Å². The van der Waals surface area contributed by atoms with Gasteiger partial charge in [-0.05, 0) is 25.7 Å². The van der Waals surface area contributed by atoms with Gasteiger partial charge in [-0.25, -0.2) is 4.98 Å². The molecule has 0 amide bonds. The number of nitrogens with one attached hydrogen (secondary N) is 1. The van der Waals surface area contributed by atoms with Crippen LogP contribution in [0.2, 0.25) is 0 Å². The lowest BCUT2D eigenvalue weighted by Gasteiger charge is -2.22. The number of thiazole rings is 1. The van der Waals surface area contributed by atoms with E-state index in [9.17, 15) is 0 Å². The largest absolute Gasteiger partial charge is 0.381 e. The molecule has 1 fully saturated rings. The molecule has 4 heteroatoms. The van der Waals surface area contributed by atoms with Crippen molar-refractivity contribution in [3.05, 3.63) is 16.1 Å². The van der Waals surface area contributed by atoms with Gasteiger partial charge in [-0.1, -0.05) is 0 Å². The van der Waals surface area contributed by atoms with Crippen LogP contribution in [0.3, 0.4) is 0 Å². The van der Waals surface area contributed by atoms with E-state index in [0.717, 1.165) is 38.4 Å². The molecule has 16 heavy (non-hydrogen) atoms. The van der Waals surface area contributed by atoms with Crippen molar-refractivity contribution in [2.45, 2.75) is 26.2 Å². The van der Waals surface area contributed by atoms with Gasteiger partial charge >= 0.3 is 0 Å². The minimum absolute atomic E-state index is 0.715. The molecule has 0 saturated carbocycles. The third-order valence-electron chi connectivity index (χ3n) is 2.87. The van der Waals surface area contributed by atoms with Gasteiger partial charge in [0.2, 0.25) is 0 Å². The second kappa shape index (κ2) is 6.33. The topological polar surface area (TPSA) is 34.1 Å². The molecule has 0 aromatic carbocycles. The van der Waals surface area contributed by atoms with E-state index in [0.29, 0.717) is 5.92 Å². The molecule has 1 aliphatic heterocycles. The van der Waals surface area contributed by atoms with Crippen molar-refractivity contribution in [1.82, 2.24) is 10.3 Å². The van der Waals surface area contributed by atoms with Crippen LogP contribution in [0.25, 0.3) is 0 Å². The monoisotopic (exact) mass is 240 g/mol. The molecule has 1 aliphatic rings. The van der Waals surface area contributed by atoms with Gasteiger partial charge in [0.15, 0.2) is 0 Å². The Hall–Kier alpha value is -0.450. The number of aryl methyl sites for hydroxylation is 1. The van der Waals surface area contributed by atoms with Gasteiger partial charge in [0.05, 0.1) is 11.6 Å². The van der Waals surface area contributed by atoms with Gasteiger partial charge in [0.25, 0.3) is 0 Å². The molecule has 1 N–H and O–H groups in total. The Balaban J connectivity index is 1.57. The van der Waals surface area contributed by atoms with Crippen molar-refractivity contribution < 1.29 is 4.74 Å². The highest BCUT2D eigenvalue weighted by molar-refractivity contribution is 7.09. The van der Waals surface area contributed by atoms with E-state index in [4.69, 9.17) is 4.74 Å². The zero-order valence-electron chi connectivity index (χ0n) is 9.87. The standard InChI is InChI=1S/C12H20N2OS/c1-10-9-16-12(14-10)4-5-13-7-11-3-2-6-15-8-11/h9,11,13H,2-8H2,1H3. The van der Waals surface area contributed by atoms with Crippen LogP contribution < -0.4 is 5.32 Å². The number of aromatic nitrogens is 1. The molecule has 1 unspecified atom stereocenters. The SMILES string of the molecule is Cc1csc(CCNCC2CCCOC2)n1. The minimum atomic E-state index is 0.715.